The molecule has 0 saturated carbocycles. The quantitative estimate of drug-likeness (QED) is 0.858. The summed E-state index contributed by atoms with van der Waals surface area (Å²) in [5, 5.41) is 3.49. The SMILES string of the molecule is CCNC(Cc1cccnc1)c1ccoc1C. The monoisotopic (exact) mass is 230 g/mol. The predicted molar refractivity (Wildman–Crippen MR) is 67.8 cm³/mol. The lowest BCUT2D eigenvalue weighted by Crippen LogP contribution is -2.23. The zero-order valence-electron chi connectivity index (χ0n) is 10.3. The molecule has 17 heavy (non-hydrogen) atoms. The van der Waals surface area contributed by atoms with E-state index >= 15 is 0 Å². The van der Waals surface area contributed by atoms with Gasteiger partial charge in [-0.1, -0.05) is 13.0 Å². The van der Waals surface area contributed by atoms with E-state index in [1.54, 1.807) is 12.5 Å². The molecule has 0 radical (unpaired) electrons. The van der Waals surface area contributed by atoms with Crippen LogP contribution in [0.25, 0.3) is 0 Å². The second-order valence-corrected chi connectivity index (χ2v) is 4.11. The van der Waals surface area contributed by atoms with Gasteiger partial charge in [0.1, 0.15) is 5.76 Å². The summed E-state index contributed by atoms with van der Waals surface area (Å²) in [6.45, 7) is 5.06. The lowest BCUT2D eigenvalue weighted by molar-refractivity contribution is 0.501. The van der Waals surface area contributed by atoms with Gasteiger partial charge in [0.05, 0.1) is 6.26 Å². The van der Waals surface area contributed by atoms with Crippen LogP contribution in [-0.4, -0.2) is 11.5 Å². The summed E-state index contributed by atoms with van der Waals surface area (Å²) in [6.07, 6.45) is 6.40. The third-order valence-corrected chi connectivity index (χ3v) is 2.89. The molecule has 3 heteroatoms. The fourth-order valence-electron chi connectivity index (χ4n) is 2.05. The van der Waals surface area contributed by atoms with Crippen molar-refractivity contribution in [1.82, 2.24) is 10.3 Å². The van der Waals surface area contributed by atoms with Crippen LogP contribution >= 0.6 is 0 Å². The van der Waals surface area contributed by atoms with Crippen LogP contribution in [0, 0.1) is 6.92 Å². The van der Waals surface area contributed by atoms with Gasteiger partial charge in [0.2, 0.25) is 0 Å². The highest BCUT2D eigenvalue weighted by molar-refractivity contribution is 5.23. The molecule has 0 aromatic carbocycles. The van der Waals surface area contributed by atoms with E-state index in [4.69, 9.17) is 4.42 Å². The first-order valence-corrected chi connectivity index (χ1v) is 5.97. The van der Waals surface area contributed by atoms with Gasteiger partial charge in [-0.3, -0.25) is 4.98 Å². The molecule has 0 spiro atoms. The van der Waals surface area contributed by atoms with Crippen molar-refractivity contribution in [2.45, 2.75) is 26.3 Å². The van der Waals surface area contributed by atoms with Crippen LogP contribution in [0.1, 0.15) is 29.9 Å². The zero-order chi connectivity index (χ0) is 12.1. The van der Waals surface area contributed by atoms with Gasteiger partial charge in [0, 0.05) is 24.0 Å². The maximum atomic E-state index is 5.37. The third kappa shape index (κ3) is 2.94. The summed E-state index contributed by atoms with van der Waals surface area (Å²) >= 11 is 0. The fraction of sp³-hybridized carbons (Fsp3) is 0.357. The summed E-state index contributed by atoms with van der Waals surface area (Å²) in [4.78, 5) is 4.15. The molecule has 0 bridgehead atoms. The zero-order valence-corrected chi connectivity index (χ0v) is 10.3. The summed E-state index contributed by atoms with van der Waals surface area (Å²) in [5.74, 6) is 0.986. The van der Waals surface area contributed by atoms with Crippen molar-refractivity contribution in [2.24, 2.45) is 0 Å². The summed E-state index contributed by atoms with van der Waals surface area (Å²) in [5.41, 5.74) is 2.47. The third-order valence-electron chi connectivity index (χ3n) is 2.89. The highest BCUT2D eigenvalue weighted by Crippen LogP contribution is 2.22. The van der Waals surface area contributed by atoms with E-state index in [2.05, 4.69) is 23.3 Å². The topological polar surface area (TPSA) is 38.1 Å². The minimum atomic E-state index is 0.294. The van der Waals surface area contributed by atoms with Gasteiger partial charge in [-0.2, -0.15) is 0 Å². The van der Waals surface area contributed by atoms with Crippen molar-refractivity contribution in [3.63, 3.8) is 0 Å². The molecule has 0 aliphatic heterocycles. The summed E-state index contributed by atoms with van der Waals surface area (Å²) in [7, 11) is 0. The Bertz CT molecular complexity index is 450. The van der Waals surface area contributed by atoms with Gasteiger partial charge in [0.25, 0.3) is 0 Å². The number of nitrogens with zero attached hydrogens (tertiary/aromatic N) is 1. The molecule has 0 aliphatic rings. The molecule has 2 aromatic heterocycles. The number of aromatic nitrogens is 1. The van der Waals surface area contributed by atoms with Crippen molar-refractivity contribution < 1.29 is 4.42 Å². The Morgan fingerprint density at radius 3 is 2.88 bits per heavy atom. The second kappa shape index (κ2) is 5.64. The maximum absolute atomic E-state index is 5.37. The standard InChI is InChI=1S/C14H18N2O/c1-3-16-14(13-6-8-17-11(13)2)9-12-5-4-7-15-10-12/h4-8,10,14,16H,3,9H2,1-2H3. The van der Waals surface area contributed by atoms with Crippen LogP contribution in [0.15, 0.2) is 41.3 Å². The molecule has 0 aliphatic carbocycles. The first kappa shape index (κ1) is 11.9. The van der Waals surface area contributed by atoms with Crippen molar-refractivity contribution >= 4 is 0 Å². The number of rotatable bonds is 5. The Morgan fingerprint density at radius 2 is 2.29 bits per heavy atom. The molecule has 2 aromatic rings. The minimum absolute atomic E-state index is 0.294. The van der Waals surface area contributed by atoms with Crippen LogP contribution in [0.2, 0.25) is 0 Å². The largest absolute Gasteiger partial charge is 0.469 e. The van der Waals surface area contributed by atoms with Crippen molar-refractivity contribution in [3.05, 3.63) is 53.7 Å². The molecule has 2 rings (SSSR count). The van der Waals surface area contributed by atoms with E-state index in [0.717, 1.165) is 18.7 Å². The Hall–Kier alpha value is -1.61. The summed E-state index contributed by atoms with van der Waals surface area (Å²) in [6, 6.07) is 6.41. The van der Waals surface area contributed by atoms with Crippen LogP contribution in [0.5, 0.6) is 0 Å². The van der Waals surface area contributed by atoms with Crippen LogP contribution < -0.4 is 5.32 Å². The molecule has 1 N–H and O–H groups in total. The van der Waals surface area contributed by atoms with Crippen LogP contribution in [-0.2, 0) is 6.42 Å². The molecular formula is C14H18N2O. The Kier molecular flexibility index (Phi) is 3.94. The van der Waals surface area contributed by atoms with Crippen molar-refractivity contribution in [3.8, 4) is 0 Å². The molecule has 2 heterocycles. The number of furan rings is 1. The molecule has 1 unspecified atom stereocenters. The van der Waals surface area contributed by atoms with Crippen LogP contribution in [0.3, 0.4) is 0 Å². The number of pyridine rings is 1. The first-order valence-electron chi connectivity index (χ1n) is 5.97. The number of aryl methyl sites for hydroxylation is 1. The predicted octanol–water partition coefficient (Wildman–Crippen LogP) is 2.88. The van der Waals surface area contributed by atoms with E-state index < -0.39 is 0 Å². The summed E-state index contributed by atoms with van der Waals surface area (Å²) < 4.78 is 5.37. The minimum Gasteiger partial charge on any atom is -0.469 e. The van der Waals surface area contributed by atoms with Gasteiger partial charge >= 0.3 is 0 Å². The van der Waals surface area contributed by atoms with E-state index in [9.17, 15) is 0 Å². The highest BCUT2D eigenvalue weighted by Gasteiger charge is 2.15. The molecule has 0 amide bonds. The Morgan fingerprint density at radius 1 is 1.41 bits per heavy atom. The average molecular weight is 230 g/mol. The lowest BCUT2D eigenvalue weighted by Gasteiger charge is -2.17. The number of nitrogens with one attached hydrogen (secondary N) is 1. The molecule has 0 saturated heterocycles. The molecule has 3 nitrogen and oxygen atoms in total. The van der Waals surface area contributed by atoms with Gasteiger partial charge in [-0.05, 0) is 37.6 Å². The molecule has 90 valence electrons. The highest BCUT2D eigenvalue weighted by atomic mass is 16.3. The fourth-order valence-corrected chi connectivity index (χ4v) is 2.05. The maximum Gasteiger partial charge on any atom is 0.105 e. The van der Waals surface area contributed by atoms with Gasteiger partial charge in [-0.15, -0.1) is 0 Å². The van der Waals surface area contributed by atoms with Gasteiger partial charge < -0.3 is 9.73 Å². The normalized spacial score (nSPS) is 12.6. The number of likely N-dealkylation sites (N-methyl/N-ethyl adjacent to an activating group) is 1. The van der Waals surface area contributed by atoms with Crippen molar-refractivity contribution in [2.75, 3.05) is 6.54 Å². The van der Waals surface area contributed by atoms with Crippen LogP contribution in [0.4, 0.5) is 0 Å². The van der Waals surface area contributed by atoms with E-state index in [1.807, 2.05) is 25.3 Å². The average Bonchev–Trinajstić information content (AvgIpc) is 2.76. The lowest BCUT2D eigenvalue weighted by atomic mass is 10.0. The number of hydrogen-bond donors (Lipinski definition) is 1. The Balaban J connectivity index is 2.16. The second-order valence-electron chi connectivity index (χ2n) is 4.11. The van der Waals surface area contributed by atoms with E-state index in [0.29, 0.717) is 6.04 Å². The number of hydrogen-bond acceptors (Lipinski definition) is 3. The van der Waals surface area contributed by atoms with Gasteiger partial charge in [-0.25, -0.2) is 0 Å². The first-order chi connectivity index (χ1) is 8.31. The van der Waals surface area contributed by atoms with Gasteiger partial charge in [0.15, 0.2) is 0 Å². The van der Waals surface area contributed by atoms with E-state index in [-0.39, 0.29) is 0 Å². The van der Waals surface area contributed by atoms with Crippen molar-refractivity contribution in [1.29, 1.82) is 0 Å². The molecular weight excluding hydrogens is 212 g/mol. The van der Waals surface area contributed by atoms with E-state index in [1.165, 1.54) is 11.1 Å². The smallest absolute Gasteiger partial charge is 0.105 e. The molecule has 0 fully saturated rings. The Labute approximate surface area is 102 Å². The molecule has 1 atom stereocenters.